The highest BCUT2D eigenvalue weighted by Crippen LogP contribution is 1.88. The van der Waals surface area contributed by atoms with Gasteiger partial charge in [-0.1, -0.05) is 0 Å². The normalized spacial score (nSPS) is 11.4. The zero-order valence-corrected chi connectivity index (χ0v) is 7.23. The van der Waals surface area contributed by atoms with Crippen LogP contribution < -0.4 is 10.7 Å². The van der Waals surface area contributed by atoms with Gasteiger partial charge in [-0.15, -0.1) is 0 Å². The topological polar surface area (TPSA) is 27.3 Å². The summed E-state index contributed by atoms with van der Waals surface area (Å²) in [5.41, 5.74) is 4.18. The minimum atomic E-state index is 0.968. The van der Waals surface area contributed by atoms with Crippen LogP contribution in [0, 0.1) is 0 Å². The molecule has 2 N–H and O–H groups in total. The summed E-state index contributed by atoms with van der Waals surface area (Å²) in [5, 5.41) is 5.05. The summed E-state index contributed by atoms with van der Waals surface area (Å²) in [6.45, 7) is 5.09. The van der Waals surface area contributed by atoms with Gasteiger partial charge in [0.15, 0.2) is 0 Å². The molecule has 0 heterocycles. The van der Waals surface area contributed by atoms with Crippen molar-refractivity contribution in [2.24, 2.45) is 0 Å². The van der Waals surface area contributed by atoms with E-state index in [1.54, 1.807) is 0 Å². The van der Waals surface area contributed by atoms with Crippen molar-refractivity contribution in [3.05, 3.63) is 11.9 Å². The molecule has 0 fully saturated rings. The van der Waals surface area contributed by atoms with E-state index in [0.29, 0.717) is 0 Å². The lowest BCUT2D eigenvalue weighted by Gasteiger charge is -2.17. The smallest absolute Gasteiger partial charge is 0.0344 e. The van der Waals surface area contributed by atoms with Gasteiger partial charge >= 0.3 is 0 Å². The number of nitrogens with zero attached hydrogens (tertiary/aromatic N) is 1. The molecule has 3 nitrogen and oxygen atoms in total. The summed E-state index contributed by atoms with van der Waals surface area (Å²) in [7, 11) is 3.82. The molecule has 0 aliphatic rings. The van der Waals surface area contributed by atoms with Crippen LogP contribution in [0.3, 0.4) is 0 Å². The van der Waals surface area contributed by atoms with Crippen molar-refractivity contribution >= 4 is 0 Å². The second kappa shape index (κ2) is 5.11. The molecule has 0 unspecified atom stereocenters. The van der Waals surface area contributed by atoms with Gasteiger partial charge in [0.1, 0.15) is 0 Å². The molecule has 0 saturated heterocycles. The Kier molecular flexibility index (Phi) is 4.76. The van der Waals surface area contributed by atoms with Crippen molar-refractivity contribution in [2.45, 2.75) is 13.8 Å². The van der Waals surface area contributed by atoms with Crippen LogP contribution in [-0.2, 0) is 0 Å². The second-order valence-electron chi connectivity index (χ2n) is 2.07. The molecule has 0 saturated carbocycles. The number of hydrogen-bond donors (Lipinski definition) is 2. The van der Waals surface area contributed by atoms with Gasteiger partial charge in [0.05, 0.1) is 0 Å². The average molecular weight is 143 g/mol. The quantitative estimate of drug-likeness (QED) is 0.562. The third-order valence-corrected chi connectivity index (χ3v) is 1.37. The van der Waals surface area contributed by atoms with E-state index in [4.69, 9.17) is 0 Å². The number of hydrazine groups is 1. The Bertz CT molecular complexity index is 105. The molecule has 0 aromatic heterocycles. The molecular weight excluding hydrogens is 126 g/mol. The SMILES string of the molecule is CCN(/C=C(/C)NC)NC. The minimum Gasteiger partial charge on any atom is -0.390 e. The van der Waals surface area contributed by atoms with Crippen LogP contribution in [0.4, 0.5) is 0 Å². The first-order valence-corrected chi connectivity index (χ1v) is 3.54. The van der Waals surface area contributed by atoms with E-state index in [9.17, 15) is 0 Å². The maximum atomic E-state index is 3.04. The summed E-state index contributed by atoms with van der Waals surface area (Å²) in [4.78, 5) is 0. The van der Waals surface area contributed by atoms with Crippen molar-refractivity contribution < 1.29 is 0 Å². The van der Waals surface area contributed by atoms with Gasteiger partial charge in [0.25, 0.3) is 0 Å². The molecule has 0 aromatic carbocycles. The molecule has 60 valence electrons. The van der Waals surface area contributed by atoms with E-state index in [0.717, 1.165) is 12.2 Å². The molecule has 0 amide bonds. The van der Waals surface area contributed by atoms with Gasteiger partial charge in [-0.2, -0.15) is 0 Å². The van der Waals surface area contributed by atoms with E-state index in [1.807, 2.05) is 32.2 Å². The summed E-state index contributed by atoms with van der Waals surface area (Å²) < 4.78 is 0. The summed E-state index contributed by atoms with van der Waals surface area (Å²) in [6, 6.07) is 0. The molecule has 0 aliphatic heterocycles. The third-order valence-electron chi connectivity index (χ3n) is 1.37. The van der Waals surface area contributed by atoms with Crippen LogP contribution in [0.15, 0.2) is 11.9 Å². The van der Waals surface area contributed by atoms with E-state index < -0.39 is 0 Å². The zero-order chi connectivity index (χ0) is 7.98. The maximum Gasteiger partial charge on any atom is 0.0344 e. The highest BCUT2D eigenvalue weighted by atomic mass is 15.5. The van der Waals surface area contributed by atoms with Crippen molar-refractivity contribution in [1.82, 2.24) is 15.8 Å². The average Bonchev–Trinajstić information content (AvgIpc) is 1.99. The lowest BCUT2D eigenvalue weighted by atomic mass is 10.5. The fraction of sp³-hybridized carbons (Fsp3) is 0.714. The molecule has 10 heavy (non-hydrogen) atoms. The number of allylic oxidation sites excluding steroid dienone is 1. The highest BCUT2D eigenvalue weighted by molar-refractivity contribution is 4.92. The van der Waals surface area contributed by atoms with Crippen LogP contribution in [-0.4, -0.2) is 25.6 Å². The first-order chi connectivity index (χ1) is 4.74. The van der Waals surface area contributed by atoms with E-state index in [-0.39, 0.29) is 0 Å². The molecule has 0 atom stereocenters. The van der Waals surface area contributed by atoms with Crippen LogP contribution in [0.1, 0.15) is 13.8 Å². The summed E-state index contributed by atoms with van der Waals surface area (Å²) in [5.74, 6) is 0. The van der Waals surface area contributed by atoms with E-state index in [2.05, 4.69) is 17.7 Å². The predicted octanol–water partition coefficient (Wildman–Crippen LogP) is 0.523. The van der Waals surface area contributed by atoms with Gasteiger partial charge < -0.3 is 10.3 Å². The number of rotatable bonds is 4. The molecule has 0 bridgehead atoms. The monoisotopic (exact) mass is 143 g/mol. The summed E-state index contributed by atoms with van der Waals surface area (Å²) in [6.07, 6.45) is 2.03. The zero-order valence-electron chi connectivity index (χ0n) is 7.23. The molecule has 0 aromatic rings. The van der Waals surface area contributed by atoms with Gasteiger partial charge in [-0.3, -0.25) is 0 Å². The Morgan fingerprint density at radius 3 is 2.40 bits per heavy atom. The highest BCUT2D eigenvalue weighted by Gasteiger charge is 1.89. The lowest BCUT2D eigenvalue weighted by molar-refractivity contribution is 0.311. The Morgan fingerprint density at radius 2 is 2.10 bits per heavy atom. The van der Waals surface area contributed by atoms with E-state index in [1.165, 1.54) is 0 Å². The molecule has 0 spiro atoms. The molecule has 0 aliphatic carbocycles. The number of hydrogen-bond acceptors (Lipinski definition) is 3. The number of nitrogens with one attached hydrogen (secondary N) is 2. The van der Waals surface area contributed by atoms with Gasteiger partial charge in [0.2, 0.25) is 0 Å². The Labute approximate surface area is 63.1 Å². The van der Waals surface area contributed by atoms with Gasteiger partial charge in [-0.05, 0) is 13.8 Å². The fourth-order valence-electron chi connectivity index (χ4n) is 0.612. The van der Waals surface area contributed by atoms with Crippen molar-refractivity contribution in [3.63, 3.8) is 0 Å². The first-order valence-electron chi connectivity index (χ1n) is 3.54. The Hall–Kier alpha value is -0.700. The first kappa shape index (κ1) is 9.30. The van der Waals surface area contributed by atoms with Crippen molar-refractivity contribution in [2.75, 3.05) is 20.6 Å². The second-order valence-corrected chi connectivity index (χ2v) is 2.07. The van der Waals surface area contributed by atoms with Crippen LogP contribution in [0.2, 0.25) is 0 Å². The van der Waals surface area contributed by atoms with Crippen LogP contribution in [0.25, 0.3) is 0 Å². The lowest BCUT2D eigenvalue weighted by Crippen LogP contribution is -2.30. The third kappa shape index (κ3) is 3.35. The van der Waals surface area contributed by atoms with Crippen LogP contribution in [0.5, 0.6) is 0 Å². The molecule has 0 rings (SSSR count). The van der Waals surface area contributed by atoms with Crippen molar-refractivity contribution in [1.29, 1.82) is 0 Å². The Balaban J connectivity index is 3.80. The van der Waals surface area contributed by atoms with Gasteiger partial charge in [0, 0.05) is 32.5 Å². The molecule has 3 heteroatoms. The molecular formula is C7H17N3. The summed E-state index contributed by atoms with van der Waals surface area (Å²) >= 11 is 0. The standard InChI is InChI=1S/C7H17N3/c1-5-10(9-4)6-7(2)8-3/h6,8-9H,5H2,1-4H3/b7-6-. The van der Waals surface area contributed by atoms with E-state index >= 15 is 0 Å². The van der Waals surface area contributed by atoms with Crippen LogP contribution >= 0.6 is 0 Å². The molecule has 0 radical (unpaired) electrons. The predicted molar refractivity (Wildman–Crippen MR) is 44.3 cm³/mol. The largest absolute Gasteiger partial charge is 0.390 e. The van der Waals surface area contributed by atoms with Crippen molar-refractivity contribution in [3.8, 4) is 0 Å². The fourth-order valence-corrected chi connectivity index (χ4v) is 0.612. The van der Waals surface area contributed by atoms with Gasteiger partial charge in [-0.25, -0.2) is 5.43 Å². The minimum absolute atomic E-state index is 0.968. The maximum absolute atomic E-state index is 3.04. The Morgan fingerprint density at radius 1 is 1.50 bits per heavy atom.